The zero-order valence-electron chi connectivity index (χ0n) is 13.8. The van der Waals surface area contributed by atoms with Gasteiger partial charge in [-0.25, -0.2) is 4.98 Å². The predicted octanol–water partition coefficient (Wildman–Crippen LogP) is 5.04. The molecule has 0 atom stereocenters. The molecule has 0 spiro atoms. The third-order valence-electron chi connectivity index (χ3n) is 3.79. The van der Waals surface area contributed by atoms with Crippen molar-refractivity contribution in [2.75, 3.05) is 0 Å². The minimum atomic E-state index is 0.688. The minimum Gasteiger partial charge on any atom is -0.240 e. The van der Waals surface area contributed by atoms with Gasteiger partial charge in [-0.05, 0) is 35.0 Å². The van der Waals surface area contributed by atoms with Gasteiger partial charge in [0.05, 0.1) is 16.4 Å². The van der Waals surface area contributed by atoms with Crippen LogP contribution < -0.4 is 0 Å². The first-order chi connectivity index (χ1) is 12.7. The topological polar surface area (TPSA) is 56.5 Å². The predicted molar refractivity (Wildman–Crippen MR) is 106 cm³/mol. The van der Waals surface area contributed by atoms with Gasteiger partial charge in [-0.15, -0.1) is 16.4 Å². The third-order valence-corrected chi connectivity index (χ3v) is 6.00. The molecule has 5 nitrogen and oxygen atoms in total. The fraction of sp³-hybridized carbons (Fsp3) is 0.111. The summed E-state index contributed by atoms with van der Waals surface area (Å²) < 4.78 is 1.77. The minimum absolute atomic E-state index is 0.688. The summed E-state index contributed by atoms with van der Waals surface area (Å²) in [4.78, 5) is 4.70. The highest BCUT2D eigenvalue weighted by Crippen LogP contribution is 2.32. The van der Waals surface area contributed by atoms with Crippen LogP contribution in [0.2, 0.25) is 5.02 Å². The Labute approximate surface area is 164 Å². The van der Waals surface area contributed by atoms with Crippen molar-refractivity contribution < 1.29 is 0 Å². The summed E-state index contributed by atoms with van der Waals surface area (Å²) in [6, 6.07) is 15.8. The van der Waals surface area contributed by atoms with Crippen molar-refractivity contribution in [3.63, 3.8) is 0 Å². The molecule has 26 heavy (non-hydrogen) atoms. The van der Waals surface area contributed by atoms with Crippen molar-refractivity contribution in [1.29, 1.82) is 0 Å². The molecule has 2 heterocycles. The number of aromatic nitrogens is 5. The van der Waals surface area contributed by atoms with E-state index in [2.05, 4.69) is 15.5 Å². The van der Waals surface area contributed by atoms with Crippen molar-refractivity contribution in [3.8, 4) is 16.3 Å². The monoisotopic (exact) mass is 399 g/mol. The molecule has 8 heteroatoms. The first-order valence-electron chi connectivity index (χ1n) is 7.89. The maximum atomic E-state index is 6.26. The number of aryl methyl sites for hydroxylation is 1. The number of thioether (sulfide) groups is 1. The van der Waals surface area contributed by atoms with E-state index in [0.717, 1.165) is 32.7 Å². The lowest BCUT2D eigenvalue weighted by Gasteiger charge is -2.06. The van der Waals surface area contributed by atoms with Crippen molar-refractivity contribution in [3.05, 3.63) is 70.2 Å². The third kappa shape index (κ3) is 3.51. The van der Waals surface area contributed by atoms with Crippen LogP contribution in [0.3, 0.4) is 0 Å². The molecule has 2 aromatic heterocycles. The van der Waals surface area contributed by atoms with E-state index in [1.807, 2.05) is 60.8 Å². The number of hydrogen-bond donors (Lipinski definition) is 0. The first-order valence-corrected chi connectivity index (χ1v) is 10.1. The Balaban J connectivity index is 1.52. The first kappa shape index (κ1) is 17.2. The molecule has 0 aliphatic heterocycles. The Kier molecular flexibility index (Phi) is 5.01. The van der Waals surface area contributed by atoms with E-state index in [0.29, 0.717) is 10.8 Å². The summed E-state index contributed by atoms with van der Waals surface area (Å²) >= 11 is 9.41. The smallest absolute Gasteiger partial charge is 0.214 e. The molecule has 0 aliphatic carbocycles. The number of nitrogens with zero attached hydrogens (tertiary/aromatic N) is 5. The number of benzene rings is 2. The highest BCUT2D eigenvalue weighted by molar-refractivity contribution is 7.98. The molecule has 4 rings (SSSR count). The van der Waals surface area contributed by atoms with Gasteiger partial charge in [-0.3, -0.25) is 0 Å². The lowest BCUT2D eigenvalue weighted by Crippen LogP contribution is -2.01. The molecule has 0 radical (unpaired) electrons. The zero-order chi connectivity index (χ0) is 17.9. The van der Waals surface area contributed by atoms with Gasteiger partial charge in [0.1, 0.15) is 5.01 Å². The second-order valence-electron chi connectivity index (χ2n) is 5.57. The molecule has 0 bridgehead atoms. The Morgan fingerprint density at radius 2 is 1.92 bits per heavy atom. The fourth-order valence-electron chi connectivity index (χ4n) is 2.49. The highest BCUT2D eigenvalue weighted by Gasteiger charge is 2.13. The van der Waals surface area contributed by atoms with Gasteiger partial charge in [0.25, 0.3) is 0 Å². The van der Waals surface area contributed by atoms with Crippen LogP contribution in [0, 0.1) is 6.92 Å². The average Bonchev–Trinajstić information content (AvgIpc) is 3.30. The number of tetrazole rings is 1. The van der Waals surface area contributed by atoms with Gasteiger partial charge in [0.15, 0.2) is 0 Å². The van der Waals surface area contributed by atoms with E-state index >= 15 is 0 Å². The van der Waals surface area contributed by atoms with Gasteiger partial charge < -0.3 is 0 Å². The molecule has 4 aromatic rings. The van der Waals surface area contributed by atoms with Crippen LogP contribution in [0.4, 0.5) is 0 Å². The fourth-order valence-corrected chi connectivity index (χ4v) is 4.51. The molecule has 0 amide bonds. The van der Waals surface area contributed by atoms with Gasteiger partial charge >= 0.3 is 0 Å². The molecule has 0 fully saturated rings. The van der Waals surface area contributed by atoms with Crippen LogP contribution in [-0.2, 0) is 5.75 Å². The normalized spacial score (nSPS) is 11.0. The van der Waals surface area contributed by atoms with Crippen LogP contribution >= 0.6 is 34.7 Å². The Morgan fingerprint density at radius 3 is 2.77 bits per heavy atom. The second-order valence-corrected chi connectivity index (χ2v) is 7.78. The molecule has 0 N–H and O–H groups in total. The Bertz CT molecular complexity index is 1040. The van der Waals surface area contributed by atoms with Crippen molar-refractivity contribution in [2.45, 2.75) is 17.8 Å². The van der Waals surface area contributed by atoms with Gasteiger partial charge in [-0.1, -0.05) is 59.8 Å². The molecular weight excluding hydrogens is 386 g/mol. The molecule has 0 saturated carbocycles. The van der Waals surface area contributed by atoms with Crippen LogP contribution in [0.25, 0.3) is 16.3 Å². The molecule has 2 aromatic carbocycles. The van der Waals surface area contributed by atoms with Crippen LogP contribution in [0.5, 0.6) is 0 Å². The summed E-state index contributed by atoms with van der Waals surface area (Å²) in [5, 5.41) is 16.5. The standard InChI is InChI=1S/C18H14ClN5S2/c1-12-6-2-5-9-16(12)24-18(21-22-23-24)26-11-13-10-25-17(20-13)14-7-3-4-8-15(14)19/h2-10H,11H2,1H3. The molecule has 130 valence electrons. The quantitative estimate of drug-likeness (QED) is 0.440. The Hall–Kier alpha value is -2.22. The number of rotatable bonds is 5. The second kappa shape index (κ2) is 7.57. The average molecular weight is 400 g/mol. The van der Waals surface area contributed by atoms with Crippen molar-refractivity contribution in [1.82, 2.24) is 25.2 Å². The van der Waals surface area contributed by atoms with E-state index in [4.69, 9.17) is 16.6 Å². The van der Waals surface area contributed by atoms with Crippen LogP contribution in [0.1, 0.15) is 11.3 Å². The number of hydrogen-bond acceptors (Lipinski definition) is 6. The summed E-state index contributed by atoms with van der Waals surface area (Å²) in [5.74, 6) is 0.688. The van der Waals surface area contributed by atoms with Gasteiger partial charge in [0.2, 0.25) is 5.16 Å². The molecule has 0 aliphatic rings. The van der Waals surface area contributed by atoms with E-state index in [1.165, 1.54) is 0 Å². The largest absolute Gasteiger partial charge is 0.240 e. The van der Waals surface area contributed by atoms with E-state index in [-0.39, 0.29) is 0 Å². The van der Waals surface area contributed by atoms with Gasteiger partial charge in [0, 0.05) is 16.7 Å². The van der Waals surface area contributed by atoms with E-state index < -0.39 is 0 Å². The number of para-hydroxylation sites is 1. The van der Waals surface area contributed by atoms with Crippen LogP contribution in [0.15, 0.2) is 59.1 Å². The molecular formula is C18H14ClN5S2. The van der Waals surface area contributed by atoms with Gasteiger partial charge in [-0.2, -0.15) is 4.68 Å². The zero-order valence-corrected chi connectivity index (χ0v) is 16.2. The molecule has 0 unspecified atom stereocenters. The summed E-state index contributed by atoms with van der Waals surface area (Å²) in [7, 11) is 0. The number of thiazole rings is 1. The van der Waals surface area contributed by atoms with Crippen molar-refractivity contribution >= 4 is 34.7 Å². The maximum absolute atomic E-state index is 6.26. The summed E-state index contributed by atoms with van der Waals surface area (Å²) in [6.07, 6.45) is 0. The number of halogens is 1. The SMILES string of the molecule is Cc1ccccc1-n1nnnc1SCc1csc(-c2ccccc2Cl)n1. The summed E-state index contributed by atoms with van der Waals surface area (Å²) in [6.45, 7) is 2.04. The Morgan fingerprint density at radius 1 is 1.12 bits per heavy atom. The van der Waals surface area contributed by atoms with Crippen molar-refractivity contribution in [2.24, 2.45) is 0 Å². The van der Waals surface area contributed by atoms with Crippen LogP contribution in [-0.4, -0.2) is 25.2 Å². The molecule has 0 saturated heterocycles. The van der Waals surface area contributed by atoms with E-state index in [1.54, 1.807) is 27.8 Å². The summed E-state index contributed by atoms with van der Waals surface area (Å²) in [5.41, 5.74) is 4.04. The maximum Gasteiger partial charge on any atom is 0.214 e. The highest BCUT2D eigenvalue weighted by atomic mass is 35.5. The van der Waals surface area contributed by atoms with E-state index in [9.17, 15) is 0 Å². The lowest BCUT2D eigenvalue weighted by atomic mass is 10.2. The lowest BCUT2D eigenvalue weighted by molar-refractivity contribution is 0.752.